The van der Waals surface area contributed by atoms with Gasteiger partial charge in [0.05, 0.1) is 0 Å². The van der Waals surface area contributed by atoms with E-state index in [-0.39, 0.29) is 5.82 Å². The van der Waals surface area contributed by atoms with Crippen LogP contribution in [0.5, 0.6) is 0 Å². The van der Waals surface area contributed by atoms with E-state index in [4.69, 9.17) is 0 Å². The average molecular weight is 380 g/mol. The number of halogens is 3. The molecule has 26 heavy (non-hydrogen) atoms. The lowest BCUT2D eigenvalue weighted by Gasteiger charge is -2.00. The zero-order valence-electron chi connectivity index (χ0n) is 14.3. The highest BCUT2D eigenvalue weighted by Gasteiger charge is 2.35. The van der Waals surface area contributed by atoms with Gasteiger partial charge < -0.3 is 0 Å². The van der Waals surface area contributed by atoms with Gasteiger partial charge >= 0.3 is 6.18 Å². The number of rotatable bonds is 7. The highest BCUT2D eigenvalue weighted by Crippen LogP contribution is 2.30. The summed E-state index contributed by atoms with van der Waals surface area (Å²) in [7, 11) is 0. The van der Waals surface area contributed by atoms with E-state index in [9.17, 15) is 13.2 Å². The summed E-state index contributed by atoms with van der Waals surface area (Å²) in [6.45, 7) is 2.20. The van der Waals surface area contributed by atoms with Crippen molar-refractivity contribution in [2.75, 3.05) is 0 Å². The molecule has 3 aromatic rings. The average Bonchev–Trinajstić information content (AvgIpc) is 3.28. The molecule has 0 saturated carbocycles. The Kier molecular flexibility index (Phi) is 5.70. The first-order chi connectivity index (χ1) is 12.5. The van der Waals surface area contributed by atoms with Gasteiger partial charge in [0.15, 0.2) is 5.82 Å². The standard InChI is InChI=1S/C18H19F3N4S/c1-2-3-4-5-6-13-8-10-15(26-13)12-7-9-14(22-11-12)16-23-17(25-24-16)18(19,20)21/h7-11H,2-6H2,1H3,(H,23,24,25). The van der Waals surface area contributed by atoms with E-state index >= 15 is 0 Å². The van der Waals surface area contributed by atoms with Crippen LogP contribution in [0.25, 0.3) is 22.0 Å². The smallest absolute Gasteiger partial charge is 0.255 e. The van der Waals surface area contributed by atoms with Gasteiger partial charge in [-0.3, -0.25) is 10.1 Å². The molecule has 0 saturated heterocycles. The van der Waals surface area contributed by atoms with Crippen molar-refractivity contribution in [2.24, 2.45) is 0 Å². The van der Waals surface area contributed by atoms with Gasteiger partial charge in [-0.1, -0.05) is 26.2 Å². The second kappa shape index (κ2) is 7.99. The molecule has 0 aliphatic rings. The lowest BCUT2D eigenvalue weighted by atomic mass is 10.1. The Morgan fingerprint density at radius 2 is 1.92 bits per heavy atom. The van der Waals surface area contributed by atoms with Crippen LogP contribution in [0.15, 0.2) is 30.5 Å². The molecule has 8 heteroatoms. The molecule has 0 aromatic carbocycles. The fraction of sp³-hybridized carbons (Fsp3) is 0.389. The number of nitrogens with one attached hydrogen (secondary N) is 1. The van der Waals surface area contributed by atoms with E-state index in [1.54, 1.807) is 23.6 Å². The maximum absolute atomic E-state index is 12.6. The number of unbranched alkanes of at least 4 members (excludes halogenated alkanes) is 3. The second-order valence-electron chi connectivity index (χ2n) is 6.01. The normalized spacial score (nSPS) is 11.8. The Morgan fingerprint density at radius 3 is 2.58 bits per heavy atom. The number of alkyl halides is 3. The van der Waals surface area contributed by atoms with Gasteiger partial charge in [0, 0.05) is 21.5 Å². The first-order valence-corrected chi connectivity index (χ1v) is 9.34. The minimum absolute atomic E-state index is 0.0633. The molecule has 138 valence electrons. The van der Waals surface area contributed by atoms with Crippen LogP contribution in [0.1, 0.15) is 43.3 Å². The highest BCUT2D eigenvalue weighted by molar-refractivity contribution is 7.15. The van der Waals surface area contributed by atoms with E-state index in [1.807, 2.05) is 11.2 Å². The lowest BCUT2D eigenvalue weighted by molar-refractivity contribution is -0.144. The Hall–Kier alpha value is -2.22. The Labute approximate surface area is 153 Å². The molecule has 0 unspecified atom stereocenters. The van der Waals surface area contributed by atoms with Crippen molar-refractivity contribution in [3.05, 3.63) is 41.2 Å². The third-order valence-electron chi connectivity index (χ3n) is 3.97. The van der Waals surface area contributed by atoms with Crippen molar-refractivity contribution < 1.29 is 13.2 Å². The van der Waals surface area contributed by atoms with Crippen LogP contribution in [-0.2, 0) is 12.6 Å². The number of H-pyrrole nitrogens is 1. The topological polar surface area (TPSA) is 54.5 Å². The fourth-order valence-corrected chi connectivity index (χ4v) is 3.61. The summed E-state index contributed by atoms with van der Waals surface area (Å²) >= 11 is 1.73. The molecule has 0 aliphatic carbocycles. The summed E-state index contributed by atoms with van der Waals surface area (Å²) in [5.74, 6) is -1.18. The monoisotopic (exact) mass is 380 g/mol. The number of aromatic nitrogens is 4. The van der Waals surface area contributed by atoms with Crippen LogP contribution in [-0.4, -0.2) is 20.2 Å². The molecule has 4 nitrogen and oxygen atoms in total. The molecule has 0 amide bonds. The molecule has 0 fully saturated rings. The van der Waals surface area contributed by atoms with E-state index in [0.29, 0.717) is 5.69 Å². The summed E-state index contributed by atoms with van der Waals surface area (Å²) in [5, 5.41) is 5.49. The largest absolute Gasteiger partial charge is 0.451 e. The Bertz CT molecular complexity index is 837. The molecular formula is C18H19F3N4S. The molecule has 0 radical (unpaired) electrons. The molecule has 3 heterocycles. The first-order valence-electron chi connectivity index (χ1n) is 8.52. The van der Waals surface area contributed by atoms with Gasteiger partial charge in [-0.05, 0) is 37.1 Å². The molecule has 3 aromatic heterocycles. The Balaban J connectivity index is 1.68. The molecule has 0 atom stereocenters. The Morgan fingerprint density at radius 1 is 1.08 bits per heavy atom. The van der Waals surface area contributed by atoms with Crippen LogP contribution >= 0.6 is 11.3 Å². The number of aromatic amines is 1. The summed E-state index contributed by atoms with van der Waals surface area (Å²) in [4.78, 5) is 10.1. The van der Waals surface area contributed by atoms with Crippen molar-refractivity contribution in [3.63, 3.8) is 0 Å². The molecule has 0 aliphatic heterocycles. The SMILES string of the molecule is CCCCCCc1ccc(-c2ccc(-c3n[nH]c(C(F)(F)F)n3)nc2)s1. The number of hydrogen-bond acceptors (Lipinski definition) is 4. The molecule has 0 bridgehead atoms. The minimum atomic E-state index is -4.55. The van der Waals surface area contributed by atoms with E-state index in [1.165, 1.54) is 30.6 Å². The fourth-order valence-electron chi connectivity index (χ4n) is 2.57. The van der Waals surface area contributed by atoms with Gasteiger partial charge in [-0.15, -0.1) is 11.3 Å². The van der Waals surface area contributed by atoms with Crippen LogP contribution in [0.4, 0.5) is 13.2 Å². The van der Waals surface area contributed by atoms with Crippen LogP contribution in [0.3, 0.4) is 0 Å². The van der Waals surface area contributed by atoms with Crippen LogP contribution in [0, 0.1) is 0 Å². The van der Waals surface area contributed by atoms with Crippen molar-refractivity contribution in [1.82, 2.24) is 20.2 Å². The number of hydrogen-bond donors (Lipinski definition) is 1. The van der Waals surface area contributed by atoms with Crippen LogP contribution in [0.2, 0.25) is 0 Å². The van der Waals surface area contributed by atoms with E-state index < -0.39 is 12.0 Å². The lowest BCUT2D eigenvalue weighted by Crippen LogP contribution is -2.07. The molecule has 1 N–H and O–H groups in total. The predicted octanol–water partition coefficient (Wildman–Crippen LogP) is 5.74. The zero-order valence-corrected chi connectivity index (χ0v) is 15.1. The van der Waals surface area contributed by atoms with Gasteiger partial charge in [-0.25, -0.2) is 4.98 Å². The predicted molar refractivity (Wildman–Crippen MR) is 95.8 cm³/mol. The summed E-state index contributed by atoms with van der Waals surface area (Å²) in [5.41, 5.74) is 1.24. The molecular weight excluding hydrogens is 361 g/mol. The molecule has 3 rings (SSSR count). The second-order valence-corrected chi connectivity index (χ2v) is 7.18. The summed E-state index contributed by atoms with van der Waals surface area (Å²) in [6, 6.07) is 7.66. The highest BCUT2D eigenvalue weighted by atomic mass is 32.1. The van der Waals surface area contributed by atoms with Crippen molar-refractivity contribution in [1.29, 1.82) is 0 Å². The quantitative estimate of drug-likeness (QED) is 0.532. The third-order valence-corrected chi connectivity index (χ3v) is 5.16. The summed E-state index contributed by atoms with van der Waals surface area (Å²) in [6.07, 6.45) is 3.10. The van der Waals surface area contributed by atoms with E-state index in [0.717, 1.165) is 16.9 Å². The first kappa shape index (κ1) is 18.6. The maximum Gasteiger partial charge on any atom is 0.451 e. The van der Waals surface area contributed by atoms with Gasteiger partial charge in [-0.2, -0.15) is 18.3 Å². The number of nitrogens with zero attached hydrogens (tertiary/aromatic N) is 3. The number of thiophene rings is 1. The van der Waals surface area contributed by atoms with Crippen molar-refractivity contribution in [2.45, 2.75) is 45.2 Å². The van der Waals surface area contributed by atoms with Crippen molar-refractivity contribution >= 4 is 11.3 Å². The zero-order chi connectivity index (χ0) is 18.6. The number of aryl methyl sites for hydroxylation is 1. The third kappa shape index (κ3) is 4.49. The van der Waals surface area contributed by atoms with Gasteiger partial charge in [0.2, 0.25) is 5.82 Å². The number of pyridine rings is 1. The van der Waals surface area contributed by atoms with Gasteiger partial charge in [0.25, 0.3) is 0 Å². The van der Waals surface area contributed by atoms with Gasteiger partial charge in [0.1, 0.15) is 5.69 Å². The van der Waals surface area contributed by atoms with E-state index in [2.05, 4.69) is 34.1 Å². The maximum atomic E-state index is 12.6. The minimum Gasteiger partial charge on any atom is -0.255 e. The molecule has 0 spiro atoms. The van der Waals surface area contributed by atoms with Crippen LogP contribution < -0.4 is 0 Å². The summed E-state index contributed by atoms with van der Waals surface area (Å²) < 4.78 is 37.8. The van der Waals surface area contributed by atoms with Crippen molar-refractivity contribution in [3.8, 4) is 22.0 Å².